The number of nitrogens with one attached hydrogen (secondary N) is 1. The second-order valence-corrected chi connectivity index (χ2v) is 7.48. The summed E-state index contributed by atoms with van der Waals surface area (Å²) in [6, 6.07) is 3.37. The Morgan fingerprint density at radius 2 is 2.23 bits per heavy atom. The van der Waals surface area contributed by atoms with Gasteiger partial charge in [-0.05, 0) is 32.6 Å². The maximum atomic E-state index is 13.0. The second-order valence-electron chi connectivity index (χ2n) is 6.62. The van der Waals surface area contributed by atoms with Crippen LogP contribution in [-0.2, 0) is 6.42 Å². The monoisotopic (exact) mass is 371 g/mol. The standard InChI is InChI=1S/C18H21N5O2S/c1-3-12-8-16(24)23-15(20-12)9-13(21-23)14-6-4-5-7-22(14)18(25)17-11(2)19-10-26-17/h8-10,14,21H,3-7H2,1-2H3/t14-/m1/s1. The molecule has 1 saturated heterocycles. The molecule has 136 valence electrons. The van der Waals surface area contributed by atoms with Crippen molar-refractivity contribution in [2.45, 2.75) is 45.6 Å². The van der Waals surface area contributed by atoms with E-state index < -0.39 is 0 Å². The highest BCUT2D eigenvalue weighted by Crippen LogP contribution is 2.32. The van der Waals surface area contributed by atoms with E-state index in [0.29, 0.717) is 23.5 Å². The minimum atomic E-state index is -0.120. The Labute approximate surface area is 154 Å². The van der Waals surface area contributed by atoms with Gasteiger partial charge in [-0.2, -0.15) is 0 Å². The summed E-state index contributed by atoms with van der Waals surface area (Å²) < 4.78 is 1.46. The Morgan fingerprint density at radius 3 is 2.96 bits per heavy atom. The predicted octanol–water partition coefficient (Wildman–Crippen LogP) is 2.72. The predicted molar refractivity (Wildman–Crippen MR) is 99.7 cm³/mol. The molecule has 1 N–H and O–H groups in total. The molecule has 0 aliphatic carbocycles. The van der Waals surface area contributed by atoms with Gasteiger partial charge in [0.25, 0.3) is 11.5 Å². The molecule has 1 fully saturated rings. The number of carbonyl (C=O) groups is 1. The highest BCUT2D eigenvalue weighted by molar-refractivity contribution is 7.11. The number of thiazole rings is 1. The third-order valence-electron chi connectivity index (χ3n) is 4.95. The molecular formula is C18H21N5O2S. The first-order chi connectivity index (χ1) is 12.6. The van der Waals surface area contributed by atoms with Gasteiger partial charge in [0.15, 0.2) is 5.65 Å². The van der Waals surface area contributed by atoms with Crippen LogP contribution in [0.1, 0.15) is 59.0 Å². The van der Waals surface area contributed by atoms with Crippen molar-refractivity contribution in [3.63, 3.8) is 0 Å². The van der Waals surface area contributed by atoms with Crippen LogP contribution in [0.4, 0.5) is 0 Å². The Balaban J connectivity index is 1.73. The number of nitrogens with zero attached hydrogens (tertiary/aromatic N) is 4. The van der Waals surface area contributed by atoms with E-state index in [0.717, 1.165) is 36.3 Å². The van der Waals surface area contributed by atoms with Crippen molar-refractivity contribution in [1.82, 2.24) is 24.5 Å². The maximum absolute atomic E-state index is 13.0. The number of aromatic amines is 1. The van der Waals surface area contributed by atoms with Crippen LogP contribution in [0.3, 0.4) is 0 Å². The van der Waals surface area contributed by atoms with Crippen LogP contribution in [0.5, 0.6) is 0 Å². The van der Waals surface area contributed by atoms with Crippen molar-refractivity contribution in [3.8, 4) is 0 Å². The van der Waals surface area contributed by atoms with Crippen molar-refractivity contribution in [3.05, 3.63) is 50.0 Å². The van der Waals surface area contributed by atoms with Crippen molar-refractivity contribution in [2.75, 3.05) is 6.54 Å². The van der Waals surface area contributed by atoms with E-state index >= 15 is 0 Å². The average molecular weight is 371 g/mol. The van der Waals surface area contributed by atoms with Crippen molar-refractivity contribution in [2.24, 2.45) is 0 Å². The molecule has 4 rings (SSSR count). The van der Waals surface area contributed by atoms with Gasteiger partial charge < -0.3 is 4.90 Å². The Bertz CT molecular complexity index is 1020. The molecule has 3 aromatic rings. The molecule has 1 amide bonds. The van der Waals surface area contributed by atoms with E-state index in [-0.39, 0.29) is 17.5 Å². The number of piperidine rings is 1. The molecule has 7 nitrogen and oxygen atoms in total. The number of amides is 1. The van der Waals surface area contributed by atoms with Crippen LogP contribution in [-0.4, -0.2) is 36.9 Å². The van der Waals surface area contributed by atoms with Crippen LogP contribution in [0.2, 0.25) is 0 Å². The summed E-state index contributed by atoms with van der Waals surface area (Å²) in [7, 11) is 0. The fourth-order valence-electron chi connectivity index (χ4n) is 3.55. The van der Waals surface area contributed by atoms with Gasteiger partial charge in [0, 0.05) is 24.4 Å². The zero-order chi connectivity index (χ0) is 18.3. The van der Waals surface area contributed by atoms with Gasteiger partial charge in [-0.1, -0.05) is 6.92 Å². The molecule has 8 heteroatoms. The average Bonchev–Trinajstić information content (AvgIpc) is 3.27. The Hall–Kier alpha value is -2.48. The highest BCUT2D eigenvalue weighted by atomic mass is 32.1. The van der Waals surface area contributed by atoms with Crippen LogP contribution in [0.15, 0.2) is 22.4 Å². The number of hydrogen-bond donors (Lipinski definition) is 1. The third kappa shape index (κ3) is 2.84. The lowest BCUT2D eigenvalue weighted by Crippen LogP contribution is -2.38. The molecule has 0 saturated carbocycles. The van der Waals surface area contributed by atoms with Gasteiger partial charge in [0.2, 0.25) is 0 Å². The Morgan fingerprint density at radius 1 is 1.38 bits per heavy atom. The maximum Gasteiger partial charge on any atom is 0.272 e. The molecule has 1 aliphatic heterocycles. The normalized spacial score (nSPS) is 17.8. The largest absolute Gasteiger partial charge is 0.329 e. The van der Waals surface area contributed by atoms with E-state index in [4.69, 9.17) is 0 Å². The van der Waals surface area contributed by atoms with Crippen molar-refractivity contribution < 1.29 is 4.79 Å². The molecule has 26 heavy (non-hydrogen) atoms. The van der Waals surface area contributed by atoms with Crippen LogP contribution in [0.25, 0.3) is 5.65 Å². The number of H-pyrrole nitrogens is 1. The molecule has 1 atom stereocenters. The molecule has 1 aliphatic rings. The molecule has 3 aromatic heterocycles. The van der Waals surface area contributed by atoms with E-state index in [2.05, 4.69) is 15.1 Å². The van der Waals surface area contributed by atoms with Crippen LogP contribution >= 0.6 is 11.3 Å². The quantitative estimate of drug-likeness (QED) is 0.767. The first kappa shape index (κ1) is 17.0. The molecular weight excluding hydrogens is 350 g/mol. The first-order valence-corrected chi connectivity index (χ1v) is 9.79. The number of fused-ring (bicyclic) bond motifs is 1. The lowest BCUT2D eigenvalue weighted by molar-refractivity contribution is 0.0610. The van der Waals surface area contributed by atoms with E-state index in [1.54, 1.807) is 11.6 Å². The van der Waals surface area contributed by atoms with E-state index in [9.17, 15) is 9.59 Å². The number of carbonyl (C=O) groups excluding carboxylic acids is 1. The number of aromatic nitrogens is 4. The number of aryl methyl sites for hydroxylation is 2. The summed E-state index contributed by atoms with van der Waals surface area (Å²) in [5.74, 6) is 0.0166. The summed E-state index contributed by atoms with van der Waals surface area (Å²) >= 11 is 1.38. The van der Waals surface area contributed by atoms with E-state index in [1.165, 1.54) is 15.9 Å². The smallest absolute Gasteiger partial charge is 0.272 e. The SMILES string of the molecule is CCc1cc(=O)n2[nH]c([C@H]3CCCCN3C(=O)c3scnc3C)cc2n1. The van der Waals surface area contributed by atoms with Crippen LogP contribution in [0, 0.1) is 6.92 Å². The second kappa shape index (κ2) is 6.68. The van der Waals surface area contributed by atoms with Gasteiger partial charge in [-0.3, -0.25) is 14.7 Å². The molecule has 0 bridgehead atoms. The summed E-state index contributed by atoms with van der Waals surface area (Å²) in [6.07, 6.45) is 3.61. The molecule has 0 unspecified atom stereocenters. The minimum absolute atomic E-state index is 0.0166. The zero-order valence-corrected chi connectivity index (χ0v) is 15.7. The zero-order valence-electron chi connectivity index (χ0n) is 14.9. The van der Waals surface area contributed by atoms with Gasteiger partial charge in [0.1, 0.15) is 4.88 Å². The minimum Gasteiger partial charge on any atom is -0.329 e. The molecule has 0 radical (unpaired) electrons. The van der Waals surface area contributed by atoms with Gasteiger partial charge in [-0.25, -0.2) is 14.5 Å². The summed E-state index contributed by atoms with van der Waals surface area (Å²) in [5.41, 5.74) is 4.60. The number of rotatable bonds is 3. The first-order valence-electron chi connectivity index (χ1n) is 8.91. The lowest BCUT2D eigenvalue weighted by atomic mass is 9.99. The van der Waals surface area contributed by atoms with Crippen molar-refractivity contribution >= 4 is 22.9 Å². The van der Waals surface area contributed by atoms with E-state index in [1.807, 2.05) is 24.8 Å². The molecule has 0 aromatic carbocycles. The fraction of sp³-hybridized carbons (Fsp3) is 0.444. The van der Waals surface area contributed by atoms with Gasteiger partial charge in [0.05, 0.1) is 22.9 Å². The summed E-state index contributed by atoms with van der Waals surface area (Å²) in [6.45, 7) is 4.55. The lowest BCUT2D eigenvalue weighted by Gasteiger charge is -2.34. The molecule has 4 heterocycles. The number of likely N-dealkylation sites (tertiary alicyclic amines) is 1. The summed E-state index contributed by atoms with van der Waals surface area (Å²) in [4.78, 5) is 36.7. The summed E-state index contributed by atoms with van der Waals surface area (Å²) in [5, 5.41) is 3.17. The van der Waals surface area contributed by atoms with Gasteiger partial charge in [-0.15, -0.1) is 11.3 Å². The molecule has 0 spiro atoms. The Kier molecular flexibility index (Phi) is 4.36. The number of hydrogen-bond acceptors (Lipinski definition) is 5. The van der Waals surface area contributed by atoms with Gasteiger partial charge >= 0.3 is 0 Å². The van der Waals surface area contributed by atoms with Crippen molar-refractivity contribution in [1.29, 1.82) is 0 Å². The fourth-order valence-corrected chi connectivity index (χ4v) is 4.30. The topological polar surface area (TPSA) is 83.4 Å². The van der Waals surface area contributed by atoms with Crippen LogP contribution < -0.4 is 5.56 Å². The third-order valence-corrected chi connectivity index (χ3v) is 5.86. The highest BCUT2D eigenvalue weighted by Gasteiger charge is 2.31.